The number of rotatable bonds is 8. The molecule has 0 spiro atoms. The van der Waals surface area contributed by atoms with Gasteiger partial charge in [0.1, 0.15) is 0 Å². The van der Waals surface area contributed by atoms with E-state index in [-0.39, 0.29) is 5.60 Å². The van der Waals surface area contributed by atoms with Crippen molar-refractivity contribution in [1.82, 2.24) is 0 Å². The molecule has 0 unspecified atom stereocenters. The van der Waals surface area contributed by atoms with Gasteiger partial charge in [0.05, 0.1) is 18.1 Å². The van der Waals surface area contributed by atoms with E-state index in [4.69, 9.17) is 4.74 Å². The quantitative estimate of drug-likeness (QED) is 0.703. The number of hydrogen-bond acceptors (Lipinski definition) is 2. The highest BCUT2D eigenvalue weighted by Crippen LogP contribution is 2.24. The molecule has 0 saturated carbocycles. The van der Waals surface area contributed by atoms with Crippen molar-refractivity contribution in [1.29, 1.82) is 0 Å². The van der Waals surface area contributed by atoms with Crippen LogP contribution < -0.4 is 0 Å². The van der Waals surface area contributed by atoms with Crippen LogP contribution in [0.1, 0.15) is 70.4 Å². The molecule has 0 aliphatic rings. The molecule has 0 aliphatic heterocycles. The van der Waals surface area contributed by atoms with Crippen LogP contribution in [0.3, 0.4) is 0 Å². The Morgan fingerprint density at radius 2 is 1.81 bits per heavy atom. The van der Waals surface area contributed by atoms with Gasteiger partial charge in [-0.3, -0.25) is 4.79 Å². The second kappa shape index (κ2) is 8.18. The van der Waals surface area contributed by atoms with Crippen LogP contribution >= 0.6 is 0 Å². The zero-order valence-corrected chi connectivity index (χ0v) is 13.7. The van der Waals surface area contributed by atoms with Gasteiger partial charge in [-0.1, -0.05) is 50.5 Å². The standard InChI is InChI=1S/C18H28O3/c1-5-6-7-8-16(17(19)20)15-11-9-14(10-12-15)13-21-18(2,3)4/h9-12,16H,5-8,13H2,1-4H3,(H,19,20)/t16-/m0/s1. The van der Waals surface area contributed by atoms with E-state index < -0.39 is 11.9 Å². The maximum Gasteiger partial charge on any atom is 0.310 e. The van der Waals surface area contributed by atoms with E-state index in [9.17, 15) is 9.90 Å². The molecule has 118 valence electrons. The minimum atomic E-state index is -0.732. The van der Waals surface area contributed by atoms with Crippen LogP contribution in [0, 0.1) is 0 Å². The highest BCUT2D eigenvalue weighted by molar-refractivity contribution is 5.76. The number of carbonyl (C=O) groups is 1. The second-order valence-corrected chi connectivity index (χ2v) is 6.53. The second-order valence-electron chi connectivity index (χ2n) is 6.53. The predicted molar refractivity (Wildman–Crippen MR) is 85.5 cm³/mol. The maximum atomic E-state index is 11.4. The largest absolute Gasteiger partial charge is 0.481 e. The van der Waals surface area contributed by atoms with E-state index in [0.717, 1.165) is 30.4 Å². The van der Waals surface area contributed by atoms with Crippen molar-refractivity contribution in [3.63, 3.8) is 0 Å². The molecule has 1 aromatic rings. The molecule has 1 aromatic carbocycles. The Morgan fingerprint density at radius 1 is 1.19 bits per heavy atom. The van der Waals surface area contributed by atoms with Gasteiger partial charge in [-0.2, -0.15) is 0 Å². The number of hydrogen-bond donors (Lipinski definition) is 1. The Bertz CT molecular complexity index is 429. The van der Waals surface area contributed by atoms with Crippen LogP contribution in [0.15, 0.2) is 24.3 Å². The first kappa shape index (κ1) is 17.7. The van der Waals surface area contributed by atoms with Crippen molar-refractivity contribution in [3.8, 4) is 0 Å². The van der Waals surface area contributed by atoms with Gasteiger partial charge < -0.3 is 9.84 Å². The third kappa shape index (κ3) is 6.76. The lowest BCUT2D eigenvalue weighted by molar-refractivity contribution is -0.139. The van der Waals surface area contributed by atoms with Crippen molar-refractivity contribution < 1.29 is 14.6 Å². The molecule has 21 heavy (non-hydrogen) atoms. The zero-order valence-electron chi connectivity index (χ0n) is 13.7. The summed E-state index contributed by atoms with van der Waals surface area (Å²) in [5.41, 5.74) is 1.80. The number of ether oxygens (including phenoxy) is 1. The van der Waals surface area contributed by atoms with E-state index in [1.165, 1.54) is 0 Å². The smallest absolute Gasteiger partial charge is 0.310 e. The Kier molecular flexibility index (Phi) is 6.90. The van der Waals surface area contributed by atoms with Gasteiger partial charge in [0.2, 0.25) is 0 Å². The summed E-state index contributed by atoms with van der Waals surface area (Å²) in [6, 6.07) is 7.78. The van der Waals surface area contributed by atoms with Crippen molar-refractivity contribution in [3.05, 3.63) is 35.4 Å². The summed E-state index contributed by atoms with van der Waals surface area (Å²) in [5, 5.41) is 9.38. The molecule has 0 heterocycles. The summed E-state index contributed by atoms with van der Waals surface area (Å²) in [6.07, 6.45) is 3.86. The number of carboxylic acids is 1. The maximum absolute atomic E-state index is 11.4. The molecule has 3 heteroatoms. The van der Waals surface area contributed by atoms with E-state index >= 15 is 0 Å². The molecule has 0 amide bonds. The van der Waals surface area contributed by atoms with Crippen LogP contribution in [0.25, 0.3) is 0 Å². The molecule has 0 radical (unpaired) electrons. The summed E-state index contributed by atoms with van der Waals surface area (Å²) < 4.78 is 5.73. The molecule has 1 atom stereocenters. The molecular weight excluding hydrogens is 264 g/mol. The fraction of sp³-hybridized carbons (Fsp3) is 0.611. The molecule has 1 rings (SSSR count). The van der Waals surface area contributed by atoms with E-state index in [0.29, 0.717) is 13.0 Å². The minimum Gasteiger partial charge on any atom is -0.481 e. The number of unbranched alkanes of at least 4 members (excludes halogenated alkanes) is 2. The molecule has 0 aliphatic carbocycles. The first-order chi connectivity index (χ1) is 9.83. The molecule has 1 N–H and O–H groups in total. The van der Waals surface area contributed by atoms with Crippen LogP contribution in [-0.4, -0.2) is 16.7 Å². The Labute approximate surface area is 128 Å². The molecule has 0 bridgehead atoms. The summed E-state index contributed by atoms with van der Waals surface area (Å²) in [4.78, 5) is 11.4. The normalized spacial score (nSPS) is 13.1. The Morgan fingerprint density at radius 3 is 2.29 bits per heavy atom. The summed E-state index contributed by atoms with van der Waals surface area (Å²) in [6.45, 7) is 8.75. The average Bonchev–Trinajstić information content (AvgIpc) is 2.41. The SMILES string of the molecule is CCCCC[C@H](C(=O)O)c1ccc(COC(C)(C)C)cc1. The molecule has 3 nitrogen and oxygen atoms in total. The number of carboxylic acid groups (broad SMARTS) is 1. The van der Waals surface area contributed by atoms with Crippen molar-refractivity contribution in [2.24, 2.45) is 0 Å². The van der Waals surface area contributed by atoms with Crippen LogP contribution in [0.4, 0.5) is 0 Å². The fourth-order valence-electron chi connectivity index (χ4n) is 2.18. The summed E-state index contributed by atoms with van der Waals surface area (Å²) in [7, 11) is 0. The van der Waals surface area contributed by atoms with Crippen molar-refractivity contribution in [2.45, 2.75) is 71.5 Å². The average molecular weight is 292 g/mol. The van der Waals surface area contributed by atoms with Gasteiger partial charge in [-0.25, -0.2) is 0 Å². The highest BCUT2D eigenvalue weighted by Gasteiger charge is 2.19. The molecular formula is C18H28O3. The summed E-state index contributed by atoms with van der Waals surface area (Å²) >= 11 is 0. The van der Waals surface area contributed by atoms with Crippen LogP contribution in [-0.2, 0) is 16.1 Å². The van der Waals surface area contributed by atoms with E-state index in [1.54, 1.807) is 0 Å². The topological polar surface area (TPSA) is 46.5 Å². The Balaban J connectivity index is 2.67. The van der Waals surface area contributed by atoms with E-state index in [2.05, 4.69) is 6.92 Å². The molecule has 0 saturated heterocycles. The molecule has 0 aromatic heterocycles. The van der Waals surface area contributed by atoms with Crippen molar-refractivity contribution in [2.75, 3.05) is 0 Å². The van der Waals surface area contributed by atoms with Gasteiger partial charge in [0, 0.05) is 0 Å². The number of aliphatic carboxylic acids is 1. The third-order valence-corrected chi connectivity index (χ3v) is 3.45. The Hall–Kier alpha value is -1.35. The third-order valence-electron chi connectivity index (χ3n) is 3.45. The lowest BCUT2D eigenvalue weighted by Crippen LogP contribution is -2.18. The first-order valence-corrected chi connectivity index (χ1v) is 7.79. The fourth-order valence-corrected chi connectivity index (χ4v) is 2.18. The van der Waals surface area contributed by atoms with Gasteiger partial charge in [-0.15, -0.1) is 0 Å². The van der Waals surface area contributed by atoms with E-state index in [1.807, 2.05) is 45.0 Å². The lowest BCUT2D eigenvalue weighted by atomic mass is 9.92. The lowest BCUT2D eigenvalue weighted by Gasteiger charge is -2.20. The van der Waals surface area contributed by atoms with Crippen LogP contribution in [0.5, 0.6) is 0 Å². The highest BCUT2D eigenvalue weighted by atomic mass is 16.5. The van der Waals surface area contributed by atoms with Crippen LogP contribution in [0.2, 0.25) is 0 Å². The minimum absolute atomic E-state index is 0.164. The van der Waals surface area contributed by atoms with Gasteiger partial charge in [0.25, 0.3) is 0 Å². The molecule has 0 fully saturated rings. The predicted octanol–water partition coefficient (Wildman–Crippen LogP) is 4.75. The zero-order chi connectivity index (χ0) is 15.9. The monoisotopic (exact) mass is 292 g/mol. The van der Waals surface area contributed by atoms with Gasteiger partial charge in [-0.05, 0) is 38.3 Å². The first-order valence-electron chi connectivity index (χ1n) is 7.79. The van der Waals surface area contributed by atoms with Gasteiger partial charge >= 0.3 is 5.97 Å². The van der Waals surface area contributed by atoms with Gasteiger partial charge in [0.15, 0.2) is 0 Å². The number of benzene rings is 1. The summed E-state index contributed by atoms with van der Waals surface area (Å²) in [5.74, 6) is -1.13. The van der Waals surface area contributed by atoms with Crippen molar-refractivity contribution >= 4 is 5.97 Å².